The fourth-order valence-electron chi connectivity index (χ4n) is 4.57. The van der Waals surface area contributed by atoms with Gasteiger partial charge in [-0.15, -0.1) is 11.3 Å². The van der Waals surface area contributed by atoms with Crippen molar-refractivity contribution in [3.8, 4) is 0 Å². The third kappa shape index (κ3) is 5.92. The highest BCUT2D eigenvalue weighted by Gasteiger charge is 2.36. The lowest BCUT2D eigenvalue weighted by Crippen LogP contribution is -2.63. The fourth-order valence-corrected chi connectivity index (χ4v) is 5.53. The molecular weight excluding hydrogens is 453 g/mol. The lowest BCUT2D eigenvalue weighted by molar-refractivity contribution is -0.137. The minimum atomic E-state index is -4.52. The number of amides is 2. The smallest absolute Gasteiger partial charge is 0.349 e. The second-order valence-corrected chi connectivity index (χ2v) is 10.0. The van der Waals surface area contributed by atoms with E-state index < -0.39 is 17.6 Å². The molecule has 178 valence electrons. The highest BCUT2D eigenvalue weighted by molar-refractivity contribution is 7.11. The summed E-state index contributed by atoms with van der Waals surface area (Å²) in [6.45, 7) is 3.32. The molecule has 2 aromatic rings. The van der Waals surface area contributed by atoms with E-state index in [-0.39, 0.29) is 24.1 Å². The molecule has 0 radical (unpaired) electrons. The Morgan fingerprint density at radius 1 is 1.18 bits per heavy atom. The number of aromatic nitrogens is 1. The lowest BCUT2D eigenvalue weighted by Gasteiger charge is -2.46. The van der Waals surface area contributed by atoms with Gasteiger partial charge in [0.15, 0.2) is 0 Å². The van der Waals surface area contributed by atoms with Gasteiger partial charge in [0, 0.05) is 35.8 Å². The molecular formula is C23H27F3N4O2S. The van der Waals surface area contributed by atoms with E-state index in [2.05, 4.69) is 20.5 Å². The van der Waals surface area contributed by atoms with E-state index in [0.29, 0.717) is 12.0 Å². The van der Waals surface area contributed by atoms with Crippen LogP contribution >= 0.6 is 11.3 Å². The Kier molecular flexibility index (Phi) is 7.04. The van der Waals surface area contributed by atoms with Crippen molar-refractivity contribution in [3.63, 3.8) is 0 Å². The van der Waals surface area contributed by atoms with Gasteiger partial charge in [0.25, 0.3) is 5.91 Å². The molecule has 1 aromatic carbocycles. The van der Waals surface area contributed by atoms with Crippen LogP contribution in [0.15, 0.2) is 30.5 Å². The van der Waals surface area contributed by atoms with Crippen LogP contribution < -0.4 is 10.6 Å². The Morgan fingerprint density at radius 2 is 1.91 bits per heavy atom. The zero-order valence-electron chi connectivity index (χ0n) is 18.3. The van der Waals surface area contributed by atoms with Crippen LogP contribution in [0.4, 0.5) is 13.2 Å². The van der Waals surface area contributed by atoms with E-state index in [9.17, 15) is 22.8 Å². The number of rotatable bonds is 6. The molecule has 1 aliphatic heterocycles. The van der Waals surface area contributed by atoms with Crippen molar-refractivity contribution in [1.82, 2.24) is 20.5 Å². The quantitative estimate of drug-likeness (QED) is 0.661. The largest absolute Gasteiger partial charge is 0.416 e. The maximum Gasteiger partial charge on any atom is 0.416 e. The maximum atomic E-state index is 12.8. The van der Waals surface area contributed by atoms with Gasteiger partial charge in [-0.05, 0) is 56.7 Å². The molecule has 2 aliphatic rings. The predicted octanol–water partition coefficient (Wildman–Crippen LogP) is 3.73. The molecule has 1 saturated heterocycles. The van der Waals surface area contributed by atoms with Gasteiger partial charge in [-0.1, -0.05) is 6.07 Å². The molecule has 2 heterocycles. The molecule has 0 unspecified atom stereocenters. The minimum Gasteiger partial charge on any atom is -0.349 e. The number of thiazole rings is 1. The Bertz CT molecular complexity index is 996. The Balaban J connectivity index is 1.15. The first-order valence-electron chi connectivity index (χ1n) is 11.1. The van der Waals surface area contributed by atoms with Crippen molar-refractivity contribution in [1.29, 1.82) is 0 Å². The van der Waals surface area contributed by atoms with E-state index >= 15 is 0 Å². The number of carbonyl (C=O) groups excluding carboxylic acids is 2. The Labute approximate surface area is 194 Å². The first kappa shape index (κ1) is 23.7. The highest BCUT2D eigenvalue weighted by atomic mass is 32.1. The number of alkyl halides is 3. The summed E-state index contributed by atoms with van der Waals surface area (Å²) in [7, 11) is 0. The number of hydrogen-bond donors (Lipinski definition) is 2. The molecule has 33 heavy (non-hydrogen) atoms. The molecule has 10 heteroatoms. The van der Waals surface area contributed by atoms with Crippen LogP contribution in [0.2, 0.25) is 0 Å². The van der Waals surface area contributed by atoms with E-state index in [4.69, 9.17) is 0 Å². The van der Waals surface area contributed by atoms with Crippen LogP contribution in [0.3, 0.4) is 0 Å². The molecule has 0 spiro atoms. The third-order valence-corrected chi connectivity index (χ3v) is 7.47. The summed E-state index contributed by atoms with van der Waals surface area (Å²) in [5.41, 5.74) is -1.03. The minimum absolute atomic E-state index is 0.0322. The number of nitrogens with zero attached hydrogens (tertiary/aromatic N) is 2. The predicted molar refractivity (Wildman–Crippen MR) is 119 cm³/mol. The molecule has 2 fully saturated rings. The Morgan fingerprint density at radius 3 is 2.55 bits per heavy atom. The van der Waals surface area contributed by atoms with Crippen molar-refractivity contribution in [2.24, 2.45) is 0 Å². The molecule has 2 amide bonds. The van der Waals surface area contributed by atoms with E-state index in [1.165, 1.54) is 17.0 Å². The van der Waals surface area contributed by atoms with Crippen LogP contribution in [0, 0.1) is 6.92 Å². The van der Waals surface area contributed by atoms with Gasteiger partial charge in [0.1, 0.15) is 0 Å². The number of nitrogens with one attached hydrogen (secondary N) is 2. The van der Waals surface area contributed by atoms with E-state index in [1.807, 2.05) is 13.1 Å². The topological polar surface area (TPSA) is 74.3 Å². The Hall–Kier alpha value is -2.46. The van der Waals surface area contributed by atoms with Crippen LogP contribution in [-0.4, -0.2) is 53.4 Å². The van der Waals surface area contributed by atoms with Gasteiger partial charge < -0.3 is 10.6 Å². The molecule has 0 bridgehead atoms. The van der Waals surface area contributed by atoms with E-state index in [0.717, 1.165) is 55.9 Å². The summed E-state index contributed by atoms with van der Waals surface area (Å²) in [5.74, 6) is -0.451. The monoisotopic (exact) mass is 480 g/mol. The fraction of sp³-hybridized carbons (Fsp3) is 0.522. The van der Waals surface area contributed by atoms with Gasteiger partial charge in [0.2, 0.25) is 5.91 Å². The number of halogens is 3. The van der Waals surface area contributed by atoms with Crippen LogP contribution in [0.1, 0.15) is 57.4 Å². The first-order valence-corrected chi connectivity index (χ1v) is 11.9. The lowest BCUT2D eigenvalue weighted by atomic mass is 9.83. The molecule has 2 N–H and O–H groups in total. The van der Waals surface area contributed by atoms with Gasteiger partial charge >= 0.3 is 6.18 Å². The average molecular weight is 481 g/mol. The number of carbonyl (C=O) groups is 2. The third-order valence-electron chi connectivity index (χ3n) is 6.39. The summed E-state index contributed by atoms with van der Waals surface area (Å²) < 4.78 is 38.4. The highest BCUT2D eigenvalue weighted by Crippen LogP contribution is 2.38. The standard InChI is InChI=1S/C23H27F3N4O2S/c1-14-27-10-20(33-14)15-5-7-19(8-6-15)30-12-18(13-30)29-21(31)11-28-22(32)16-3-2-4-17(9-16)23(24,25)26/h2-4,9-10,15,18-19H,5-8,11-13H2,1H3,(H,28,32)(H,29,31). The number of benzene rings is 1. The van der Waals surface area contributed by atoms with Crippen LogP contribution in [0.5, 0.6) is 0 Å². The summed E-state index contributed by atoms with van der Waals surface area (Å²) in [5, 5.41) is 6.39. The van der Waals surface area contributed by atoms with Gasteiger partial charge in [0.05, 0.1) is 23.2 Å². The van der Waals surface area contributed by atoms with Crippen molar-refractivity contribution >= 4 is 23.2 Å². The number of likely N-dealkylation sites (tertiary alicyclic amines) is 1. The number of hydrogen-bond acceptors (Lipinski definition) is 5. The molecule has 1 aromatic heterocycles. The SMILES string of the molecule is Cc1ncc(C2CCC(N3CC(NC(=O)CNC(=O)c4cccc(C(F)(F)F)c4)C3)CC2)s1. The van der Waals surface area contributed by atoms with Gasteiger partial charge in [-0.3, -0.25) is 14.5 Å². The molecule has 4 rings (SSSR count). The van der Waals surface area contributed by atoms with Crippen LogP contribution in [-0.2, 0) is 11.0 Å². The summed E-state index contributed by atoms with van der Waals surface area (Å²) in [6, 6.07) is 4.71. The van der Waals surface area contributed by atoms with Crippen molar-refractivity contribution in [2.75, 3.05) is 19.6 Å². The molecule has 1 saturated carbocycles. The van der Waals surface area contributed by atoms with Crippen LogP contribution in [0.25, 0.3) is 0 Å². The van der Waals surface area contributed by atoms with E-state index in [1.54, 1.807) is 11.3 Å². The van der Waals surface area contributed by atoms with Crippen molar-refractivity contribution < 1.29 is 22.8 Å². The summed E-state index contributed by atoms with van der Waals surface area (Å²) >= 11 is 1.79. The van der Waals surface area contributed by atoms with Crippen molar-refractivity contribution in [3.05, 3.63) is 51.5 Å². The summed E-state index contributed by atoms with van der Waals surface area (Å²) in [6.07, 6.45) is 2.06. The van der Waals surface area contributed by atoms with Gasteiger partial charge in [-0.2, -0.15) is 13.2 Å². The zero-order chi connectivity index (χ0) is 23.6. The zero-order valence-corrected chi connectivity index (χ0v) is 19.1. The molecule has 6 nitrogen and oxygen atoms in total. The molecule has 1 aliphatic carbocycles. The number of aryl methyl sites for hydroxylation is 1. The second-order valence-electron chi connectivity index (χ2n) is 8.77. The second kappa shape index (κ2) is 9.80. The van der Waals surface area contributed by atoms with Gasteiger partial charge in [-0.25, -0.2) is 4.98 Å². The normalized spacial score (nSPS) is 21.9. The maximum absolute atomic E-state index is 12.8. The first-order chi connectivity index (χ1) is 15.7. The molecule has 0 atom stereocenters. The van der Waals surface area contributed by atoms with Crippen molar-refractivity contribution in [2.45, 2.75) is 56.8 Å². The average Bonchev–Trinajstić information content (AvgIpc) is 3.20. The summed E-state index contributed by atoms with van der Waals surface area (Å²) in [4.78, 5) is 32.4.